The van der Waals surface area contributed by atoms with Crippen molar-refractivity contribution >= 4 is 5.90 Å². The molecule has 0 bridgehead atoms. The summed E-state index contributed by atoms with van der Waals surface area (Å²) < 4.78 is 18.2. The second kappa shape index (κ2) is 4.64. The quantitative estimate of drug-likeness (QED) is 0.769. The number of hydrogen-bond acceptors (Lipinski definition) is 2. The van der Waals surface area contributed by atoms with Gasteiger partial charge in [0.2, 0.25) is 0 Å². The summed E-state index contributed by atoms with van der Waals surface area (Å²) in [5.41, 5.74) is 1.03. The van der Waals surface area contributed by atoms with E-state index in [1.54, 1.807) is 12.1 Å². The van der Waals surface area contributed by atoms with Crippen molar-refractivity contribution in [1.82, 2.24) is 0 Å². The van der Waals surface area contributed by atoms with Crippen LogP contribution < -0.4 is 0 Å². The predicted molar refractivity (Wildman–Crippen MR) is 62.1 cm³/mol. The summed E-state index contributed by atoms with van der Waals surface area (Å²) in [6.07, 6.45) is 0.656. The van der Waals surface area contributed by atoms with E-state index < -0.39 is 0 Å². The summed E-state index contributed by atoms with van der Waals surface area (Å²) >= 11 is 0. The second-order valence-electron chi connectivity index (χ2n) is 4.45. The van der Waals surface area contributed by atoms with Gasteiger partial charge in [-0.05, 0) is 23.6 Å². The van der Waals surface area contributed by atoms with Crippen LogP contribution in [0.3, 0.4) is 0 Å². The molecule has 0 saturated heterocycles. The van der Waals surface area contributed by atoms with Crippen molar-refractivity contribution in [2.45, 2.75) is 26.3 Å². The molecule has 0 N–H and O–H groups in total. The fourth-order valence-electron chi connectivity index (χ4n) is 1.66. The van der Waals surface area contributed by atoms with Gasteiger partial charge in [0.1, 0.15) is 12.4 Å². The van der Waals surface area contributed by atoms with Crippen molar-refractivity contribution in [2.75, 3.05) is 6.61 Å². The van der Waals surface area contributed by atoms with Gasteiger partial charge >= 0.3 is 0 Å². The van der Waals surface area contributed by atoms with Crippen molar-refractivity contribution in [3.8, 4) is 0 Å². The molecule has 1 aromatic carbocycles. The lowest BCUT2D eigenvalue weighted by Crippen LogP contribution is -2.13. The minimum atomic E-state index is -0.210. The van der Waals surface area contributed by atoms with Gasteiger partial charge < -0.3 is 4.74 Å². The first kappa shape index (κ1) is 11.1. The number of hydrogen-bond donors (Lipinski definition) is 0. The molecule has 0 unspecified atom stereocenters. The lowest BCUT2D eigenvalue weighted by Gasteiger charge is -2.06. The molecule has 1 aromatic rings. The van der Waals surface area contributed by atoms with Gasteiger partial charge in [0.25, 0.3) is 0 Å². The molecule has 0 aromatic heterocycles. The van der Waals surface area contributed by atoms with Crippen molar-refractivity contribution in [3.63, 3.8) is 0 Å². The Morgan fingerprint density at radius 1 is 1.38 bits per heavy atom. The van der Waals surface area contributed by atoms with E-state index in [1.807, 2.05) is 0 Å². The SMILES string of the molecule is CC(C)[C@@H]1COC(Cc2ccc(F)cc2)=N1. The van der Waals surface area contributed by atoms with E-state index in [2.05, 4.69) is 18.8 Å². The number of aliphatic imine (C=N–C) groups is 1. The van der Waals surface area contributed by atoms with Gasteiger partial charge in [0, 0.05) is 6.42 Å². The van der Waals surface area contributed by atoms with E-state index in [-0.39, 0.29) is 11.9 Å². The Kier molecular flexibility index (Phi) is 3.22. The van der Waals surface area contributed by atoms with Crippen LogP contribution in [0.4, 0.5) is 4.39 Å². The van der Waals surface area contributed by atoms with Crippen molar-refractivity contribution in [3.05, 3.63) is 35.6 Å². The zero-order chi connectivity index (χ0) is 11.5. The molecule has 0 amide bonds. The topological polar surface area (TPSA) is 21.6 Å². The highest BCUT2D eigenvalue weighted by atomic mass is 19.1. The molecule has 0 fully saturated rings. The summed E-state index contributed by atoms with van der Waals surface area (Å²) in [5.74, 6) is 1.06. The summed E-state index contributed by atoms with van der Waals surface area (Å²) in [6, 6.07) is 6.74. The Labute approximate surface area is 95.2 Å². The molecule has 2 nitrogen and oxygen atoms in total. The molecular formula is C13H16FNO. The molecule has 1 heterocycles. The minimum Gasteiger partial charge on any atom is -0.478 e. The van der Waals surface area contributed by atoms with E-state index in [1.165, 1.54) is 12.1 Å². The van der Waals surface area contributed by atoms with Gasteiger partial charge in [-0.2, -0.15) is 0 Å². The smallest absolute Gasteiger partial charge is 0.188 e. The van der Waals surface area contributed by atoms with Gasteiger partial charge in [0.15, 0.2) is 5.90 Å². The third-order valence-corrected chi connectivity index (χ3v) is 2.77. The molecule has 1 aliphatic heterocycles. The Hall–Kier alpha value is -1.38. The van der Waals surface area contributed by atoms with Crippen LogP contribution in [0.1, 0.15) is 19.4 Å². The molecule has 0 aliphatic carbocycles. The van der Waals surface area contributed by atoms with E-state index in [0.717, 1.165) is 11.5 Å². The number of ether oxygens (including phenoxy) is 1. The molecule has 1 aliphatic rings. The fourth-order valence-corrected chi connectivity index (χ4v) is 1.66. The molecule has 0 spiro atoms. The van der Waals surface area contributed by atoms with Crippen LogP contribution in [-0.4, -0.2) is 18.5 Å². The number of rotatable bonds is 3. The van der Waals surface area contributed by atoms with Gasteiger partial charge in [-0.15, -0.1) is 0 Å². The maximum Gasteiger partial charge on any atom is 0.188 e. The summed E-state index contributed by atoms with van der Waals surface area (Å²) in [4.78, 5) is 4.51. The van der Waals surface area contributed by atoms with E-state index >= 15 is 0 Å². The van der Waals surface area contributed by atoms with Crippen LogP contribution in [0.5, 0.6) is 0 Å². The van der Waals surface area contributed by atoms with Gasteiger partial charge in [-0.3, -0.25) is 0 Å². The highest BCUT2D eigenvalue weighted by Gasteiger charge is 2.21. The highest BCUT2D eigenvalue weighted by Crippen LogP contribution is 2.16. The molecule has 16 heavy (non-hydrogen) atoms. The zero-order valence-corrected chi connectivity index (χ0v) is 9.61. The number of nitrogens with zero attached hydrogens (tertiary/aromatic N) is 1. The molecule has 1 atom stereocenters. The normalized spacial score (nSPS) is 19.8. The van der Waals surface area contributed by atoms with Gasteiger partial charge in [-0.1, -0.05) is 26.0 Å². The van der Waals surface area contributed by atoms with Gasteiger partial charge in [0.05, 0.1) is 6.04 Å². The van der Waals surface area contributed by atoms with Crippen LogP contribution in [0.15, 0.2) is 29.3 Å². The molecule has 2 rings (SSSR count). The number of halogens is 1. The maximum absolute atomic E-state index is 12.7. The average Bonchev–Trinajstić information content (AvgIpc) is 2.70. The Morgan fingerprint density at radius 2 is 2.06 bits per heavy atom. The Bertz CT molecular complexity index is 383. The van der Waals surface area contributed by atoms with E-state index in [0.29, 0.717) is 18.9 Å². The van der Waals surface area contributed by atoms with Gasteiger partial charge in [-0.25, -0.2) is 9.38 Å². The van der Waals surface area contributed by atoms with Crippen LogP contribution in [-0.2, 0) is 11.2 Å². The standard InChI is InChI=1S/C13H16FNO/c1-9(2)12-8-16-13(15-12)7-10-3-5-11(14)6-4-10/h3-6,9,12H,7-8H2,1-2H3/t12-/m0/s1. The Balaban J connectivity index is 2.01. The van der Waals surface area contributed by atoms with Crippen molar-refractivity contribution in [1.29, 1.82) is 0 Å². The molecule has 0 radical (unpaired) electrons. The largest absolute Gasteiger partial charge is 0.478 e. The summed E-state index contributed by atoms with van der Waals surface area (Å²) in [5, 5.41) is 0. The third kappa shape index (κ3) is 2.60. The first-order valence-electron chi connectivity index (χ1n) is 5.59. The monoisotopic (exact) mass is 221 g/mol. The summed E-state index contributed by atoms with van der Waals surface area (Å²) in [6.45, 7) is 4.95. The molecule has 3 heteroatoms. The second-order valence-corrected chi connectivity index (χ2v) is 4.45. The van der Waals surface area contributed by atoms with Crippen LogP contribution in [0.25, 0.3) is 0 Å². The lowest BCUT2D eigenvalue weighted by atomic mass is 10.1. The Morgan fingerprint density at radius 3 is 2.62 bits per heavy atom. The number of benzene rings is 1. The fraction of sp³-hybridized carbons (Fsp3) is 0.462. The molecule has 86 valence electrons. The average molecular weight is 221 g/mol. The maximum atomic E-state index is 12.7. The molecule has 0 saturated carbocycles. The van der Waals surface area contributed by atoms with Crippen molar-refractivity contribution < 1.29 is 9.13 Å². The first-order valence-corrected chi connectivity index (χ1v) is 5.59. The summed E-state index contributed by atoms with van der Waals surface area (Å²) in [7, 11) is 0. The van der Waals surface area contributed by atoms with E-state index in [9.17, 15) is 4.39 Å². The van der Waals surface area contributed by atoms with Crippen molar-refractivity contribution in [2.24, 2.45) is 10.9 Å². The molecular weight excluding hydrogens is 205 g/mol. The van der Waals surface area contributed by atoms with Crippen LogP contribution in [0, 0.1) is 11.7 Å². The lowest BCUT2D eigenvalue weighted by molar-refractivity contribution is 0.287. The zero-order valence-electron chi connectivity index (χ0n) is 9.61. The van der Waals surface area contributed by atoms with Crippen LogP contribution >= 0.6 is 0 Å². The predicted octanol–water partition coefficient (Wildman–Crippen LogP) is 2.82. The van der Waals surface area contributed by atoms with E-state index in [4.69, 9.17) is 4.74 Å². The van der Waals surface area contributed by atoms with Crippen LogP contribution in [0.2, 0.25) is 0 Å². The highest BCUT2D eigenvalue weighted by molar-refractivity contribution is 5.80. The minimum absolute atomic E-state index is 0.210. The third-order valence-electron chi connectivity index (χ3n) is 2.77. The first-order chi connectivity index (χ1) is 7.65.